The number of ether oxygens (including phenoxy) is 1. The van der Waals surface area contributed by atoms with Gasteiger partial charge in [-0.3, -0.25) is 9.67 Å². The van der Waals surface area contributed by atoms with Crippen LogP contribution in [0.15, 0.2) is 17.4 Å². The summed E-state index contributed by atoms with van der Waals surface area (Å²) in [7, 11) is 0. The van der Waals surface area contributed by atoms with Crippen LogP contribution >= 0.6 is 0 Å². The molecule has 1 heterocycles. The van der Waals surface area contributed by atoms with Crippen molar-refractivity contribution in [3.63, 3.8) is 0 Å². The summed E-state index contributed by atoms with van der Waals surface area (Å²) in [5.41, 5.74) is 1.18. The Kier molecular flexibility index (Phi) is 9.36. The summed E-state index contributed by atoms with van der Waals surface area (Å²) in [6.45, 7) is 14.5. The van der Waals surface area contributed by atoms with E-state index in [0.717, 1.165) is 45.2 Å². The first-order chi connectivity index (χ1) is 11.1. The van der Waals surface area contributed by atoms with Crippen molar-refractivity contribution in [1.82, 2.24) is 20.4 Å². The van der Waals surface area contributed by atoms with Gasteiger partial charge in [0.15, 0.2) is 5.96 Å². The molecule has 0 fully saturated rings. The summed E-state index contributed by atoms with van der Waals surface area (Å²) in [6.07, 6.45) is 5.14. The molecular formula is C17H33N5O. The molecule has 2 N–H and O–H groups in total. The number of aryl methyl sites for hydroxylation is 1. The average molecular weight is 323 g/mol. The molecule has 1 rings (SSSR count). The molecule has 6 heteroatoms. The van der Waals surface area contributed by atoms with E-state index in [1.807, 2.05) is 30.9 Å². The lowest BCUT2D eigenvalue weighted by atomic mass is 10.0. The SMILES string of the molecule is CCNC(=NCCC(OCC)C(C)C)NCCn1cc(C)cn1. The zero-order valence-electron chi connectivity index (χ0n) is 15.3. The van der Waals surface area contributed by atoms with Gasteiger partial charge in [-0.05, 0) is 38.7 Å². The maximum Gasteiger partial charge on any atom is 0.191 e. The van der Waals surface area contributed by atoms with Gasteiger partial charge in [-0.2, -0.15) is 5.10 Å². The van der Waals surface area contributed by atoms with Gasteiger partial charge in [-0.25, -0.2) is 0 Å². The van der Waals surface area contributed by atoms with E-state index in [2.05, 4.69) is 41.5 Å². The molecule has 0 aliphatic rings. The van der Waals surface area contributed by atoms with E-state index in [0.29, 0.717) is 5.92 Å². The maximum absolute atomic E-state index is 5.76. The van der Waals surface area contributed by atoms with Crippen LogP contribution < -0.4 is 10.6 Å². The molecule has 0 radical (unpaired) electrons. The molecule has 0 spiro atoms. The number of guanidine groups is 1. The van der Waals surface area contributed by atoms with Gasteiger partial charge >= 0.3 is 0 Å². The van der Waals surface area contributed by atoms with Crippen molar-refractivity contribution >= 4 is 5.96 Å². The van der Waals surface area contributed by atoms with Crippen LogP contribution in [0.5, 0.6) is 0 Å². The molecule has 1 aromatic rings. The van der Waals surface area contributed by atoms with Crippen LogP contribution in [0.25, 0.3) is 0 Å². The Balaban J connectivity index is 2.39. The van der Waals surface area contributed by atoms with E-state index in [4.69, 9.17) is 4.74 Å². The van der Waals surface area contributed by atoms with Crippen molar-refractivity contribution in [1.29, 1.82) is 0 Å². The Morgan fingerprint density at radius 1 is 1.35 bits per heavy atom. The lowest BCUT2D eigenvalue weighted by molar-refractivity contribution is 0.0266. The zero-order chi connectivity index (χ0) is 17.1. The number of rotatable bonds is 10. The Hall–Kier alpha value is -1.56. The Morgan fingerprint density at radius 2 is 2.13 bits per heavy atom. The third kappa shape index (κ3) is 8.02. The number of aromatic nitrogens is 2. The molecule has 0 amide bonds. The van der Waals surface area contributed by atoms with Gasteiger partial charge in [0.1, 0.15) is 0 Å². The molecule has 23 heavy (non-hydrogen) atoms. The number of hydrogen-bond acceptors (Lipinski definition) is 3. The molecule has 0 saturated carbocycles. The fraction of sp³-hybridized carbons (Fsp3) is 0.765. The topological polar surface area (TPSA) is 63.5 Å². The predicted octanol–water partition coefficient (Wildman–Crippen LogP) is 2.20. The van der Waals surface area contributed by atoms with E-state index in [9.17, 15) is 0 Å². The normalized spacial score (nSPS) is 13.4. The standard InChI is InChI=1S/C17H33N5O/c1-6-18-17(19-9-8-16(14(3)4)23-7-2)20-10-11-22-13-15(5)12-21-22/h12-14,16H,6-11H2,1-5H3,(H2,18,19,20). The summed E-state index contributed by atoms with van der Waals surface area (Å²) in [4.78, 5) is 4.64. The molecule has 0 saturated heterocycles. The maximum atomic E-state index is 5.76. The number of nitrogens with one attached hydrogen (secondary N) is 2. The average Bonchev–Trinajstić information content (AvgIpc) is 2.91. The number of aliphatic imine (C=N–C) groups is 1. The van der Waals surface area contributed by atoms with E-state index < -0.39 is 0 Å². The first-order valence-corrected chi connectivity index (χ1v) is 8.69. The van der Waals surface area contributed by atoms with Crippen molar-refractivity contribution in [3.05, 3.63) is 18.0 Å². The third-order valence-corrected chi connectivity index (χ3v) is 3.55. The van der Waals surface area contributed by atoms with Crippen LogP contribution in [0.3, 0.4) is 0 Å². The molecule has 1 atom stereocenters. The van der Waals surface area contributed by atoms with Crippen LogP contribution in [0.2, 0.25) is 0 Å². The third-order valence-electron chi connectivity index (χ3n) is 3.55. The van der Waals surface area contributed by atoms with E-state index in [1.165, 1.54) is 5.56 Å². The van der Waals surface area contributed by atoms with Crippen LogP contribution in [0.4, 0.5) is 0 Å². The summed E-state index contributed by atoms with van der Waals surface area (Å²) in [6, 6.07) is 0. The minimum absolute atomic E-state index is 0.277. The van der Waals surface area contributed by atoms with Crippen molar-refractivity contribution < 1.29 is 4.74 Å². The molecule has 0 aliphatic heterocycles. The second-order valence-corrected chi connectivity index (χ2v) is 5.99. The van der Waals surface area contributed by atoms with Gasteiger partial charge in [0.2, 0.25) is 0 Å². The van der Waals surface area contributed by atoms with Gasteiger partial charge in [-0.15, -0.1) is 0 Å². The molecule has 6 nitrogen and oxygen atoms in total. The van der Waals surface area contributed by atoms with Crippen molar-refractivity contribution in [2.45, 2.75) is 53.7 Å². The Bertz CT molecular complexity index is 456. The molecule has 0 aliphatic carbocycles. The van der Waals surface area contributed by atoms with Gasteiger partial charge in [0.05, 0.1) is 18.8 Å². The van der Waals surface area contributed by atoms with Gasteiger partial charge in [0.25, 0.3) is 0 Å². The summed E-state index contributed by atoms with van der Waals surface area (Å²) in [5, 5.41) is 10.9. The molecule has 0 aromatic carbocycles. The first-order valence-electron chi connectivity index (χ1n) is 8.69. The van der Waals surface area contributed by atoms with E-state index in [1.54, 1.807) is 0 Å². The van der Waals surface area contributed by atoms with Crippen molar-refractivity contribution in [2.75, 3.05) is 26.2 Å². The lowest BCUT2D eigenvalue weighted by Crippen LogP contribution is -2.39. The highest BCUT2D eigenvalue weighted by Gasteiger charge is 2.12. The highest BCUT2D eigenvalue weighted by Crippen LogP contribution is 2.10. The Morgan fingerprint density at radius 3 is 2.70 bits per heavy atom. The van der Waals surface area contributed by atoms with Crippen LogP contribution in [0, 0.1) is 12.8 Å². The monoisotopic (exact) mass is 323 g/mol. The minimum Gasteiger partial charge on any atom is -0.378 e. The highest BCUT2D eigenvalue weighted by atomic mass is 16.5. The fourth-order valence-corrected chi connectivity index (χ4v) is 2.35. The summed E-state index contributed by atoms with van der Waals surface area (Å²) >= 11 is 0. The lowest BCUT2D eigenvalue weighted by Gasteiger charge is -2.20. The Labute approximate surface area is 140 Å². The van der Waals surface area contributed by atoms with E-state index in [-0.39, 0.29) is 6.10 Å². The zero-order valence-corrected chi connectivity index (χ0v) is 15.3. The smallest absolute Gasteiger partial charge is 0.191 e. The number of hydrogen-bond donors (Lipinski definition) is 2. The highest BCUT2D eigenvalue weighted by molar-refractivity contribution is 5.79. The summed E-state index contributed by atoms with van der Waals surface area (Å²) in [5.74, 6) is 1.37. The molecule has 1 unspecified atom stereocenters. The number of nitrogens with zero attached hydrogens (tertiary/aromatic N) is 3. The molecule has 132 valence electrons. The molecular weight excluding hydrogens is 290 g/mol. The summed E-state index contributed by atoms with van der Waals surface area (Å²) < 4.78 is 7.71. The van der Waals surface area contributed by atoms with Crippen LogP contribution in [-0.2, 0) is 11.3 Å². The van der Waals surface area contributed by atoms with Crippen LogP contribution in [0.1, 0.15) is 39.7 Å². The molecule has 1 aromatic heterocycles. The van der Waals surface area contributed by atoms with E-state index >= 15 is 0 Å². The van der Waals surface area contributed by atoms with Crippen molar-refractivity contribution in [2.24, 2.45) is 10.9 Å². The predicted molar refractivity (Wildman–Crippen MR) is 95.8 cm³/mol. The van der Waals surface area contributed by atoms with Crippen molar-refractivity contribution in [3.8, 4) is 0 Å². The second-order valence-electron chi connectivity index (χ2n) is 5.99. The quantitative estimate of drug-likeness (QED) is 0.512. The fourth-order valence-electron chi connectivity index (χ4n) is 2.35. The van der Waals surface area contributed by atoms with Gasteiger partial charge in [-0.1, -0.05) is 13.8 Å². The van der Waals surface area contributed by atoms with Crippen LogP contribution in [-0.4, -0.2) is 48.1 Å². The largest absolute Gasteiger partial charge is 0.378 e. The van der Waals surface area contributed by atoms with Gasteiger partial charge < -0.3 is 15.4 Å². The minimum atomic E-state index is 0.277. The van der Waals surface area contributed by atoms with Gasteiger partial charge in [0, 0.05) is 32.4 Å². The first kappa shape index (κ1) is 19.5. The second kappa shape index (κ2) is 11.0. The molecule has 0 bridgehead atoms.